The van der Waals surface area contributed by atoms with Crippen LogP contribution in [-0.2, 0) is 9.53 Å². The van der Waals surface area contributed by atoms with Gasteiger partial charge in [-0.1, -0.05) is 28.1 Å². The lowest BCUT2D eigenvalue weighted by Crippen LogP contribution is -2.55. The number of hydrogen-bond acceptors (Lipinski definition) is 3. The van der Waals surface area contributed by atoms with Crippen LogP contribution < -0.4 is 10.6 Å². The van der Waals surface area contributed by atoms with Gasteiger partial charge in [0.05, 0.1) is 0 Å². The van der Waals surface area contributed by atoms with Gasteiger partial charge in [0.1, 0.15) is 12.3 Å². The minimum Gasteiger partial charge on any atom is -0.346 e. The highest BCUT2D eigenvalue weighted by Gasteiger charge is 2.44. The molecule has 24 heavy (non-hydrogen) atoms. The molecule has 2 heterocycles. The summed E-state index contributed by atoms with van der Waals surface area (Å²) in [5, 5.41) is 6.01. The van der Waals surface area contributed by atoms with E-state index in [1.807, 2.05) is 17.0 Å². The average Bonchev–Trinajstić information content (AvgIpc) is 3.24. The number of carbonyl (C=O) groups excluding carboxylic acids is 2. The number of likely N-dealkylation sites (tertiary alicyclic amines) is 1. The van der Waals surface area contributed by atoms with Crippen LogP contribution >= 0.6 is 15.9 Å². The smallest absolute Gasteiger partial charge is 0.317 e. The lowest BCUT2D eigenvalue weighted by molar-refractivity contribution is -0.119. The molecule has 1 spiro atoms. The van der Waals surface area contributed by atoms with Gasteiger partial charge >= 0.3 is 6.03 Å². The lowest BCUT2D eigenvalue weighted by Gasteiger charge is -2.38. The van der Waals surface area contributed by atoms with Crippen LogP contribution in [0.2, 0.25) is 0 Å². The summed E-state index contributed by atoms with van der Waals surface area (Å²) in [5.41, 5.74) is 0.719. The first kappa shape index (κ1) is 15.9. The first-order valence-electron chi connectivity index (χ1n) is 8.31. The van der Waals surface area contributed by atoms with E-state index in [1.54, 1.807) is 0 Å². The molecule has 1 aromatic rings. The van der Waals surface area contributed by atoms with Gasteiger partial charge in [-0.25, -0.2) is 4.79 Å². The Balaban J connectivity index is 1.27. The minimum atomic E-state index is -0.548. The fourth-order valence-electron chi connectivity index (χ4n) is 3.55. The van der Waals surface area contributed by atoms with Crippen molar-refractivity contribution >= 4 is 27.9 Å². The number of amides is 3. The third-order valence-electron chi connectivity index (χ3n) is 5.10. The zero-order valence-electron chi connectivity index (χ0n) is 13.3. The van der Waals surface area contributed by atoms with Gasteiger partial charge in [-0.3, -0.25) is 4.79 Å². The van der Waals surface area contributed by atoms with Crippen LogP contribution in [0.15, 0.2) is 28.7 Å². The zero-order chi connectivity index (χ0) is 16.7. The summed E-state index contributed by atoms with van der Waals surface area (Å²) >= 11 is 3.44. The molecule has 2 N–H and O–H groups in total. The first-order valence-corrected chi connectivity index (χ1v) is 9.10. The predicted molar refractivity (Wildman–Crippen MR) is 91.5 cm³/mol. The van der Waals surface area contributed by atoms with Crippen molar-refractivity contribution in [2.24, 2.45) is 0 Å². The van der Waals surface area contributed by atoms with Gasteiger partial charge in [0, 0.05) is 42.4 Å². The Hall–Kier alpha value is -1.60. The number of ether oxygens (including phenoxy) is 1. The van der Waals surface area contributed by atoms with E-state index < -0.39 is 5.72 Å². The van der Waals surface area contributed by atoms with Gasteiger partial charge < -0.3 is 20.3 Å². The number of rotatable bonds is 2. The Morgan fingerprint density at radius 3 is 2.62 bits per heavy atom. The molecule has 6 nitrogen and oxygen atoms in total. The molecule has 0 bridgehead atoms. The number of carbonyl (C=O) groups is 2. The molecule has 0 aromatic heterocycles. The molecule has 1 aliphatic carbocycles. The molecule has 2 aliphatic heterocycles. The summed E-state index contributed by atoms with van der Waals surface area (Å²) in [5.74, 6) is 0.346. The van der Waals surface area contributed by atoms with Gasteiger partial charge in [-0.15, -0.1) is 0 Å². The topological polar surface area (TPSA) is 70.7 Å². The summed E-state index contributed by atoms with van der Waals surface area (Å²) in [6, 6.07) is 8.48. The van der Waals surface area contributed by atoms with E-state index in [1.165, 1.54) is 5.56 Å². The molecule has 3 aliphatic rings. The van der Waals surface area contributed by atoms with Gasteiger partial charge in [0.2, 0.25) is 5.91 Å². The molecule has 0 unspecified atom stereocenters. The predicted octanol–water partition coefficient (Wildman–Crippen LogP) is 1.95. The van der Waals surface area contributed by atoms with Crippen LogP contribution in [0.4, 0.5) is 4.79 Å². The zero-order valence-corrected chi connectivity index (χ0v) is 14.8. The van der Waals surface area contributed by atoms with E-state index in [9.17, 15) is 9.59 Å². The molecule has 3 amide bonds. The van der Waals surface area contributed by atoms with Crippen LogP contribution in [0.1, 0.15) is 30.7 Å². The second-order valence-electron chi connectivity index (χ2n) is 6.77. The molecule has 1 aromatic carbocycles. The van der Waals surface area contributed by atoms with E-state index in [4.69, 9.17) is 4.74 Å². The van der Waals surface area contributed by atoms with Crippen molar-refractivity contribution in [2.45, 2.75) is 36.9 Å². The number of piperidine rings is 1. The normalized spacial score (nSPS) is 27.9. The number of hydrogen-bond donors (Lipinski definition) is 2. The van der Waals surface area contributed by atoms with Crippen LogP contribution in [-0.4, -0.2) is 48.3 Å². The number of nitrogens with zero attached hydrogens (tertiary/aromatic N) is 1. The van der Waals surface area contributed by atoms with Gasteiger partial charge in [-0.05, 0) is 24.1 Å². The third kappa shape index (κ3) is 3.15. The molecule has 2 atom stereocenters. The highest BCUT2D eigenvalue weighted by atomic mass is 79.9. The molecule has 3 fully saturated rings. The molecule has 128 valence electrons. The van der Waals surface area contributed by atoms with Crippen LogP contribution in [0.5, 0.6) is 0 Å². The molecule has 0 radical (unpaired) electrons. The van der Waals surface area contributed by atoms with Crippen molar-refractivity contribution in [3.8, 4) is 0 Å². The van der Waals surface area contributed by atoms with Crippen LogP contribution in [0.25, 0.3) is 0 Å². The second kappa shape index (κ2) is 6.04. The highest BCUT2D eigenvalue weighted by Crippen LogP contribution is 2.41. The minimum absolute atomic E-state index is 0.0150. The molecule has 2 saturated heterocycles. The van der Waals surface area contributed by atoms with E-state index in [0.29, 0.717) is 31.8 Å². The monoisotopic (exact) mass is 393 g/mol. The molecule has 7 heteroatoms. The second-order valence-corrected chi connectivity index (χ2v) is 7.68. The van der Waals surface area contributed by atoms with Crippen molar-refractivity contribution in [3.63, 3.8) is 0 Å². The first-order chi connectivity index (χ1) is 11.5. The summed E-state index contributed by atoms with van der Waals surface area (Å²) < 4.78 is 6.64. The quantitative estimate of drug-likeness (QED) is 0.806. The fourth-order valence-corrected chi connectivity index (χ4v) is 3.82. The van der Waals surface area contributed by atoms with Crippen LogP contribution in [0.3, 0.4) is 0 Å². The SMILES string of the molecule is O=C1COC2(CCN(C(=O)N[C@@H]3C[C@H]3c3ccc(Br)cc3)CC2)N1. The Morgan fingerprint density at radius 1 is 1.29 bits per heavy atom. The van der Waals surface area contributed by atoms with Crippen molar-refractivity contribution < 1.29 is 14.3 Å². The maximum atomic E-state index is 12.4. The molecule has 4 rings (SSSR count). The molecular weight excluding hydrogens is 374 g/mol. The van der Waals surface area contributed by atoms with Crippen molar-refractivity contribution in [2.75, 3.05) is 19.7 Å². The van der Waals surface area contributed by atoms with E-state index in [-0.39, 0.29) is 24.6 Å². The van der Waals surface area contributed by atoms with E-state index >= 15 is 0 Å². The maximum absolute atomic E-state index is 12.4. The number of benzene rings is 1. The van der Waals surface area contributed by atoms with Crippen molar-refractivity contribution in [3.05, 3.63) is 34.3 Å². The summed E-state index contributed by atoms with van der Waals surface area (Å²) in [7, 11) is 0. The Morgan fingerprint density at radius 2 is 2.00 bits per heavy atom. The summed E-state index contributed by atoms with van der Waals surface area (Å²) in [4.78, 5) is 25.6. The maximum Gasteiger partial charge on any atom is 0.317 e. The Kier molecular flexibility index (Phi) is 4.00. The molecular formula is C17H20BrN3O3. The fraction of sp³-hybridized carbons (Fsp3) is 0.529. The van der Waals surface area contributed by atoms with Gasteiger partial charge in [0.15, 0.2) is 0 Å². The summed E-state index contributed by atoms with van der Waals surface area (Å²) in [6.07, 6.45) is 2.28. The number of nitrogens with one attached hydrogen (secondary N) is 2. The Bertz CT molecular complexity index is 656. The molecule has 1 saturated carbocycles. The highest BCUT2D eigenvalue weighted by molar-refractivity contribution is 9.10. The average molecular weight is 394 g/mol. The lowest BCUT2D eigenvalue weighted by atomic mass is 10.0. The van der Waals surface area contributed by atoms with Gasteiger partial charge in [0.25, 0.3) is 0 Å². The summed E-state index contributed by atoms with van der Waals surface area (Å²) in [6.45, 7) is 1.33. The van der Waals surface area contributed by atoms with Crippen molar-refractivity contribution in [1.82, 2.24) is 15.5 Å². The number of halogens is 1. The van der Waals surface area contributed by atoms with E-state index in [2.05, 4.69) is 38.7 Å². The third-order valence-corrected chi connectivity index (χ3v) is 5.63. The number of urea groups is 1. The standard InChI is InChI=1S/C17H20BrN3O3/c18-12-3-1-11(2-4-12)13-9-14(13)19-16(23)21-7-5-17(6-8-21)20-15(22)10-24-17/h1-4,13-14H,5-10H2,(H,19,23)(H,20,22)/t13-,14+/m0/s1. The van der Waals surface area contributed by atoms with Crippen molar-refractivity contribution in [1.29, 1.82) is 0 Å². The van der Waals surface area contributed by atoms with Gasteiger partial charge in [-0.2, -0.15) is 0 Å². The van der Waals surface area contributed by atoms with Crippen LogP contribution in [0, 0.1) is 0 Å². The Labute approximate surface area is 149 Å². The van der Waals surface area contributed by atoms with E-state index in [0.717, 1.165) is 10.9 Å². The largest absolute Gasteiger partial charge is 0.346 e.